The molecule has 0 aromatic rings. The monoisotopic (exact) mass is 370 g/mol. The average Bonchev–Trinajstić information content (AvgIpc) is 2.60. The van der Waals surface area contributed by atoms with Crippen LogP contribution in [0.1, 0.15) is 0 Å². The predicted octanol–water partition coefficient (Wildman–Crippen LogP) is -4.09. The molecule has 0 aliphatic carbocycles. The van der Waals surface area contributed by atoms with E-state index in [4.69, 9.17) is 23.7 Å². The summed E-state index contributed by atoms with van der Waals surface area (Å²) in [4.78, 5) is 0. The molecule has 2 saturated heterocycles. The molecule has 4 unspecified atom stereocenters. The van der Waals surface area contributed by atoms with Gasteiger partial charge in [0.25, 0.3) is 0 Å². The Hall–Kier alpha value is -0.440. The Labute approximate surface area is 144 Å². The summed E-state index contributed by atoms with van der Waals surface area (Å²) >= 11 is 0. The Morgan fingerprint density at radius 2 is 1.32 bits per heavy atom. The van der Waals surface area contributed by atoms with Crippen molar-refractivity contribution in [3.63, 3.8) is 0 Å². The second-order valence-corrected chi connectivity index (χ2v) is 5.99. The van der Waals surface area contributed by atoms with E-state index in [1.54, 1.807) is 0 Å². The molecule has 0 amide bonds. The fourth-order valence-electron chi connectivity index (χ4n) is 2.94. The highest BCUT2D eigenvalue weighted by Crippen LogP contribution is 2.26. The van der Waals surface area contributed by atoms with Gasteiger partial charge in [-0.05, 0) is 0 Å². The zero-order valence-corrected chi connectivity index (χ0v) is 13.9. The van der Waals surface area contributed by atoms with Crippen LogP contribution in [-0.2, 0) is 23.7 Å². The summed E-state index contributed by atoms with van der Waals surface area (Å²) in [5.41, 5.74) is 0. The third kappa shape index (κ3) is 4.28. The highest BCUT2D eigenvalue weighted by molar-refractivity contribution is 4.92. The molecule has 6 N–H and O–H groups in total. The summed E-state index contributed by atoms with van der Waals surface area (Å²) in [7, 11) is 2.53. The molecule has 0 bridgehead atoms. The summed E-state index contributed by atoms with van der Waals surface area (Å²) < 4.78 is 25.9. The zero-order valence-electron chi connectivity index (χ0n) is 13.9. The number of aliphatic hydroxyl groups excluding tert-OH is 6. The minimum atomic E-state index is -1.47. The van der Waals surface area contributed by atoms with Crippen molar-refractivity contribution in [3.05, 3.63) is 0 Å². The van der Waals surface area contributed by atoms with E-state index < -0.39 is 68.0 Å². The molecule has 0 radical (unpaired) electrons. The van der Waals surface area contributed by atoms with Crippen molar-refractivity contribution >= 4 is 0 Å². The summed E-state index contributed by atoms with van der Waals surface area (Å²) in [5.74, 6) is 0. The van der Waals surface area contributed by atoms with Gasteiger partial charge in [0.2, 0.25) is 0 Å². The lowest BCUT2D eigenvalue weighted by atomic mass is 9.98. The number of ether oxygens (including phenoxy) is 5. The van der Waals surface area contributed by atoms with Crippen LogP contribution in [0.2, 0.25) is 0 Å². The molecule has 0 spiro atoms. The Bertz CT molecular complexity index is 410. The van der Waals surface area contributed by atoms with Crippen molar-refractivity contribution in [1.29, 1.82) is 0 Å². The minimum Gasteiger partial charge on any atom is -0.394 e. The Kier molecular flexibility index (Phi) is 7.49. The second-order valence-electron chi connectivity index (χ2n) is 5.99. The maximum atomic E-state index is 10.1. The molecular formula is C14H26O11. The van der Waals surface area contributed by atoms with Crippen LogP contribution in [0.4, 0.5) is 0 Å². The SMILES string of the molecule is COC1[C@@H](OCC2O[C@H](O)C(OC)[C@@H](O)[C@@H]2O)OC(CO)[C@@H](O)[C@@H]1O. The van der Waals surface area contributed by atoms with Crippen molar-refractivity contribution in [2.45, 2.75) is 61.4 Å². The zero-order chi connectivity index (χ0) is 18.7. The number of hydrogen-bond donors (Lipinski definition) is 6. The predicted molar refractivity (Wildman–Crippen MR) is 78.2 cm³/mol. The van der Waals surface area contributed by atoms with Gasteiger partial charge in [0, 0.05) is 14.2 Å². The number of methoxy groups -OCH3 is 2. The van der Waals surface area contributed by atoms with E-state index in [1.165, 1.54) is 14.2 Å². The Balaban J connectivity index is 1.99. The van der Waals surface area contributed by atoms with Gasteiger partial charge in [-0.25, -0.2) is 0 Å². The quantitative estimate of drug-likeness (QED) is 0.269. The molecule has 0 aromatic heterocycles. The molecule has 11 heteroatoms. The van der Waals surface area contributed by atoms with Crippen LogP contribution in [0.25, 0.3) is 0 Å². The lowest BCUT2D eigenvalue weighted by Crippen LogP contribution is -2.62. The van der Waals surface area contributed by atoms with E-state index in [2.05, 4.69) is 0 Å². The normalized spacial score (nSPS) is 48.5. The van der Waals surface area contributed by atoms with Gasteiger partial charge in [-0.1, -0.05) is 0 Å². The Morgan fingerprint density at radius 3 is 1.88 bits per heavy atom. The van der Waals surface area contributed by atoms with Crippen molar-refractivity contribution in [1.82, 2.24) is 0 Å². The Morgan fingerprint density at radius 1 is 0.760 bits per heavy atom. The number of rotatable bonds is 6. The van der Waals surface area contributed by atoms with Gasteiger partial charge in [-0.15, -0.1) is 0 Å². The van der Waals surface area contributed by atoms with Crippen molar-refractivity contribution in [3.8, 4) is 0 Å². The van der Waals surface area contributed by atoms with Crippen LogP contribution in [-0.4, -0.2) is 119 Å². The maximum Gasteiger partial charge on any atom is 0.187 e. The van der Waals surface area contributed by atoms with Gasteiger partial charge >= 0.3 is 0 Å². The van der Waals surface area contributed by atoms with E-state index in [1.807, 2.05) is 0 Å². The van der Waals surface area contributed by atoms with Crippen molar-refractivity contribution in [2.75, 3.05) is 27.4 Å². The molecule has 2 aliphatic heterocycles. The van der Waals surface area contributed by atoms with Gasteiger partial charge in [-0.3, -0.25) is 0 Å². The molecule has 148 valence electrons. The van der Waals surface area contributed by atoms with Crippen LogP contribution in [0.5, 0.6) is 0 Å². The first-order chi connectivity index (χ1) is 11.8. The van der Waals surface area contributed by atoms with Gasteiger partial charge in [0.05, 0.1) is 13.2 Å². The smallest absolute Gasteiger partial charge is 0.187 e. The van der Waals surface area contributed by atoms with Gasteiger partial charge in [0.1, 0.15) is 48.8 Å². The minimum absolute atomic E-state index is 0.322. The van der Waals surface area contributed by atoms with Crippen LogP contribution >= 0.6 is 0 Å². The molecule has 11 nitrogen and oxygen atoms in total. The number of aliphatic hydroxyl groups is 6. The van der Waals surface area contributed by atoms with Crippen LogP contribution in [0, 0.1) is 0 Å². The molecular weight excluding hydrogens is 344 g/mol. The molecule has 10 atom stereocenters. The topological polar surface area (TPSA) is 168 Å². The third-order valence-corrected chi connectivity index (χ3v) is 4.46. The largest absolute Gasteiger partial charge is 0.394 e. The highest BCUT2D eigenvalue weighted by atomic mass is 16.7. The molecule has 0 aromatic carbocycles. The third-order valence-electron chi connectivity index (χ3n) is 4.46. The van der Waals surface area contributed by atoms with Crippen molar-refractivity contribution in [2.24, 2.45) is 0 Å². The van der Waals surface area contributed by atoms with Gasteiger partial charge in [0.15, 0.2) is 12.6 Å². The molecule has 0 saturated carbocycles. The van der Waals surface area contributed by atoms with E-state index in [9.17, 15) is 30.6 Å². The van der Waals surface area contributed by atoms with E-state index in [0.717, 1.165) is 0 Å². The van der Waals surface area contributed by atoms with Crippen molar-refractivity contribution < 1.29 is 54.3 Å². The van der Waals surface area contributed by atoms with Gasteiger partial charge in [-0.2, -0.15) is 0 Å². The molecule has 2 aliphatic rings. The maximum absolute atomic E-state index is 10.1. The fourth-order valence-corrected chi connectivity index (χ4v) is 2.94. The summed E-state index contributed by atoms with van der Waals surface area (Å²) in [6, 6.07) is 0. The second kappa shape index (κ2) is 8.97. The molecule has 2 fully saturated rings. The molecule has 2 rings (SSSR count). The lowest BCUT2D eigenvalue weighted by Gasteiger charge is -2.43. The lowest BCUT2D eigenvalue weighted by molar-refractivity contribution is -0.329. The van der Waals surface area contributed by atoms with E-state index in [0.29, 0.717) is 0 Å². The van der Waals surface area contributed by atoms with Crippen LogP contribution in [0.3, 0.4) is 0 Å². The first kappa shape index (κ1) is 20.9. The first-order valence-electron chi connectivity index (χ1n) is 7.85. The highest BCUT2D eigenvalue weighted by Gasteiger charge is 2.47. The van der Waals surface area contributed by atoms with Crippen LogP contribution in [0.15, 0.2) is 0 Å². The van der Waals surface area contributed by atoms with Gasteiger partial charge < -0.3 is 54.3 Å². The van der Waals surface area contributed by atoms with Crippen LogP contribution < -0.4 is 0 Å². The average molecular weight is 370 g/mol. The molecule has 25 heavy (non-hydrogen) atoms. The summed E-state index contributed by atoms with van der Waals surface area (Å²) in [5, 5.41) is 58.8. The van der Waals surface area contributed by atoms with E-state index >= 15 is 0 Å². The first-order valence-corrected chi connectivity index (χ1v) is 7.85. The van der Waals surface area contributed by atoms with E-state index in [-0.39, 0.29) is 6.61 Å². The number of hydrogen-bond acceptors (Lipinski definition) is 11. The standard InChI is InChI=1S/C14H26O11/c1-21-11-9(18)8(17)6(24-13(11)20)4-23-14-12(22-2)10(19)7(16)5(3-15)25-14/h5-20H,3-4H2,1-2H3/t5?,6?,7-,8-,9+,10+,11?,12?,13+,14+/m1/s1. The molecule has 2 heterocycles. The summed E-state index contributed by atoms with van der Waals surface area (Å²) in [6.45, 7) is -0.874. The fraction of sp³-hybridized carbons (Fsp3) is 1.00. The summed E-state index contributed by atoms with van der Waals surface area (Å²) in [6.07, 6.45) is -12.5.